The third-order valence-electron chi connectivity index (χ3n) is 3.51. The fraction of sp³-hybridized carbons (Fsp3) is 0.250. The largest absolute Gasteiger partial charge is 0.480 e. The number of benzene rings is 1. The second-order valence-corrected chi connectivity index (χ2v) is 7.10. The highest BCUT2D eigenvalue weighted by Gasteiger charge is 2.21. The van der Waals surface area contributed by atoms with E-state index in [9.17, 15) is 18.0 Å². The van der Waals surface area contributed by atoms with Gasteiger partial charge in [0.1, 0.15) is 6.54 Å². The zero-order chi connectivity index (χ0) is 17.9. The summed E-state index contributed by atoms with van der Waals surface area (Å²) in [6.45, 7) is 3.28. The quantitative estimate of drug-likeness (QED) is 0.853. The van der Waals surface area contributed by atoms with E-state index in [-0.39, 0.29) is 17.0 Å². The highest BCUT2D eigenvalue weighted by molar-refractivity contribution is 7.90. The molecule has 1 N–H and O–H groups in total. The van der Waals surface area contributed by atoms with E-state index >= 15 is 0 Å². The number of carboxylic acids is 1. The molecular formula is C16H18N2O5S. The van der Waals surface area contributed by atoms with Crippen LogP contribution >= 0.6 is 0 Å². The van der Waals surface area contributed by atoms with Crippen molar-refractivity contribution in [1.29, 1.82) is 0 Å². The van der Waals surface area contributed by atoms with Crippen LogP contribution in [-0.2, 0) is 14.8 Å². The minimum atomic E-state index is -3.79. The second-order valence-electron chi connectivity index (χ2n) is 5.26. The molecule has 128 valence electrons. The Labute approximate surface area is 140 Å². The van der Waals surface area contributed by atoms with E-state index in [0.29, 0.717) is 0 Å². The van der Waals surface area contributed by atoms with Gasteiger partial charge in [-0.1, -0.05) is 17.7 Å². The smallest absolute Gasteiger partial charge is 0.323 e. The first kappa shape index (κ1) is 17.7. The van der Waals surface area contributed by atoms with E-state index in [1.807, 2.05) is 6.92 Å². The van der Waals surface area contributed by atoms with Crippen molar-refractivity contribution in [1.82, 2.24) is 8.87 Å². The minimum Gasteiger partial charge on any atom is -0.480 e. The van der Waals surface area contributed by atoms with Crippen LogP contribution in [0.15, 0.2) is 47.6 Å². The predicted molar refractivity (Wildman–Crippen MR) is 87.4 cm³/mol. The van der Waals surface area contributed by atoms with Gasteiger partial charge in [0.2, 0.25) is 0 Å². The lowest BCUT2D eigenvalue weighted by atomic mass is 10.2. The molecule has 0 aliphatic carbocycles. The van der Waals surface area contributed by atoms with Crippen molar-refractivity contribution in [2.75, 3.05) is 13.1 Å². The van der Waals surface area contributed by atoms with E-state index in [4.69, 9.17) is 5.11 Å². The summed E-state index contributed by atoms with van der Waals surface area (Å²) < 4.78 is 26.0. The minimum absolute atomic E-state index is 0.112. The topological polar surface area (TPSA) is 96.7 Å². The number of aryl methyl sites for hydroxylation is 1. The lowest BCUT2D eigenvalue weighted by Gasteiger charge is -2.17. The molecule has 1 amide bonds. The van der Waals surface area contributed by atoms with Crippen molar-refractivity contribution in [3.63, 3.8) is 0 Å². The summed E-state index contributed by atoms with van der Waals surface area (Å²) in [5, 5.41) is 8.82. The van der Waals surface area contributed by atoms with Crippen molar-refractivity contribution in [3.8, 4) is 0 Å². The van der Waals surface area contributed by atoms with Crippen molar-refractivity contribution in [2.24, 2.45) is 0 Å². The number of nitrogens with zero attached hydrogens (tertiary/aromatic N) is 2. The molecule has 0 unspecified atom stereocenters. The molecule has 1 aromatic carbocycles. The Balaban J connectivity index is 2.31. The number of hydrogen-bond donors (Lipinski definition) is 1. The molecule has 7 nitrogen and oxygen atoms in total. The van der Waals surface area contributed by atoms with E-state index < -0.39 is 28.4 Å². The number of rotatable bonds is 6. The molecule has 0 atom stereocenters. The lowest BCUT2D eigenvalue weighted by Crippen LogP contribution is -2.35. The molecule has 1 heterocycles. The van der Waals surface area contributed by atoms with Crippen molar-refractivity contribution in [2.45, 2.75) is 18.7 Å². The first-order chi connectivity index (χ1) is 11.3. The molecule has 0 fully saturated rings. The van der Waals surface area contributed by atoms with Gasteiger partial charge in [0.15, 0.2) is 0 Å². The van der Waals surface area contributed by atoms with Crippen LogP contribution in [0.5, 0.6) is 0 Å². The Hall–Kier alpha value is -2.61. The maximum atomic E-state index is 12.5. The van der Waals surface area contributed by atoms with Crippen LogP contribution in [-0.4, -0.2) is 47.4 Å². The fourth-order valence-corrected chi connectivity index (χ4v) is 3.35. The molecule has 0 radical (unpaired) electrons. The number of likely N-dealkylation sites (N-methyl/N-ethyl adjacent to an activating group) is 1. The van der Waals surface area contributed by atoms with Crippen molar-refractivity contribution < 1.29 is 23.1 Å². The molecule has 0 saturated carbocycles. The summed E-state index contributed by atoms with van der Waals surface area (Å²) in [5.41, 5.74) is 1.05. The summed E-state index contributed by atoms with van der Waals surface area (Å²) in [7, 11) is -3.79. The highest BCUT2D eigenvalue weighted by atomic mass is 32.2. The molecule has 0 saturated heterocycles. The first-order valence-electron chi connectivity index (χ1n) is 7.27. The Kier molecular flexibility index (Phi) is 5.08. The molecule has 24 heavy (non-hydrogen) atoms. The van der Waals surface area contributed by atoms with Crippen LogP contribution in [0.3, 0.4) is 0 Å². The maximum Gasteiger partial charge on any atom is 0.323 e. The summed E-state index contributed by atoms with van der Waals surface area (Å²) in [5.74, 6) is -1.66. The third kappa shape index (κ3) is 3.65. The number of aromatic nitrogens is 1. The molecule has 0 bridgehead atoms. The summed E-state index contributed by atoms with van der Waals surface area (Å²) in [4.78, 5) is 24.3. The second kappa shape index (κ2) is 6.88. The van der Waals surface area contributed by atoms with Crippen LogP contribution in [0, 0.1) is 6.92 Å². The van der Waals surface area contributed by atoms with E-state index in [2.05, 4.69) is 0 Å². The van der Waals surface area contributed by atoms with Crippen LogP contribution < -0.4 is 0 Å². The third-order valence-corrected chi connectivity index (χ3v) is 5.16. The molecule has 2 aromatic rings. The Morgan fingerprint density at radius 1 is 1.17 bits per heavy atom. The number of amides is 1. The molecular weight excluding hydrogens is 332 g/mol. The number of aliphatic carboxylic acids is 1. The zero-order valence-electron chi connectivity index (χ0n) is 13.3. The summed E-state index contributed by atoms with van der Waals surface area (Å²) >= 11 is 0. The van der Waals surface area contributed by atoms with Crippen molar-refractivity contribution >= 4 is 21.9 Å². The fourth-order valence-electron chi connectivity index (χ4n) is 2.16. The zero-order valence-corrected chi connectivity index (χ0v) is 14.2. The van der Waals surface area contributed by atoms with E-state index in [1.54, 1.807) is 19.1 Å². The molecule has 0 spiro atoms. The van der Waals surface area contributed by atoms with Crippen LogP contribution in [0.4, 0.5) is 0 Å². The van der Waals surface area contributed by atoms with Gasteiger partial charge in [0.25, 0.3) is 15.9 Å². The van der Waals surface area contributed by atoms with Gasteiger partial charge in [-0.15, -0.1) is 0 Å². The molecule has 0 aliphatic rings. The van der Waals surface area contributed by atoms with E-state index in [0.717, 1.165) is 14.4 Å². The van der Waals surface area contributed by atoms with Gasteiger partial charge in [0, 0.05) is 18.9 Å². The normalized spacial score (nSPS) is 11.2. The number of hydrogen-bond acceptors (Lipinski definition) is 4. The number of carboxylic acid groups (broad SMARTS) is 1. The highest BCUT2D eigenvalue weighted by Crippen LogP contribution is 2.16. The van der Waals surface area contributed by atoms with Crippen molar-refractivity contribution in [3.05, 3.63) is 53.9 Å². The Morgan fingerprint density at radius 3 is 2.33 bits per heavy atom. The number of carbonyl (C=O) groups excluding carboxylic acids is 1. The Bertz CT molecular complexity index is 853. The van der Waals surface area contributed by atoms with Gasteiger partial charge in [-0.3, -0.25) is 9.59 Å². The number of carbonyl (C=O) groups is 2. The predicted octanol–water partition coefficient (Wildman–Crippen LogP) is 1.58. The average molecular weight is 350 g/mol. The van der Waals surface area contributed by atoms with E-state index in [1.165, 1.54) is 30.6 Å². The van der Waals surface area contributed by atoms with Crippen LogP contribution in [0.2, 0.25) is 0 Å². The van der Waals surface area contributed by atoms with Gasteiger partial charge < -0.3 is 10.0 Å². The van der Waals surface area contributed by atoms with Gasteiger partial charge in [-0.25, -0.2) is 12.4 Å². The summed E-state index contributed by atoms with van der Waals surface area (Å²) in [6.07, 6.45) is 2.47. The molecule has 2 rings (SSSR count). The summed E-state index contributed by atoms with van der Waals surface area (Å²) in [6, 6.07) is 7.73. The maximum absolute atomic E-state index is 12.5. The average Bonchev–Trinajstić information content (AvgIpc) is 3.03. The lowest BCUT2D eigenvalue weighted by molar-refractivity contribution is -0.137. The monoisotopic (exact) mass is 350 g/mol. The van der Waals surface area contributed by atoms with Gasteiger partial charge in [-0.2, -0.15) is 0 Å². The standard InChI is InChI=1S/C16H18N2O5S/c1-3-17(11-15(19)20)16(21)13-8-9-18(10-13)24(22,23)14-6-4-12(2)5-7-14/h4-10H,3,11H2,1-2H3,(H,19,20). The van der Waals surface area contributed by atoms with Gasteiger partial charge in [0.05, 0.1) is 10.5 Å². The van der Waals surface area contributed by atoms with Gasteiger partial charge >= 0.3 is 5.97 Å². The SMILES string of the molecule is CCN(CC(=O)O)C(=O)c1ccn(S(=O)(=O)c2ccc(C)cc2)c1. The Morgan fingerprint density at radius 2 is 1.79 bits per heavy atom. The van der Waals surface area contributed by atoms with Gasteiger partial charge in [-0.05, 0) is 32.0 Å². The molecule has 1 aromatic heterocycles. The molecule has 8 heteroatoms. The first-order valence-corrected chi connectivity index (χ1v) is 8.71. The van der Waals surface area contributed by atoms with Crippen LogP contribution in [0.1, 0.15) is 22.8 Å². The van der Waals surface area contributed by atoms with Crippen LogP contribution in [0.25, 0.3) is 0 Å². The molecule has 0 aliphatic heterocycles.